The van der Waals surface area contributed by atoms with Crippen LogP contribution in [0.15, 0.2) is 138 Å². The Hall–Kier alpha value is -4.10. The molecule has 1 atom stereocenters. The van der Waals surface area contributed by atoms with Crippen molar-refractivity contribution in [3.05, 3.63) is 145 Å². The number of hydrogen-bond acceptors (Lipinski definition) is 4. The Morgan fingerprint density at radius 3 is 1.88 bits per heavy atom. The monoisotopic (exact) mass is 712 g/mol. The zero-order chi connectivity index (χ0) is 38.5. The Balaban J connectivity index is 0.000000239. The van der Waals surface area contributed by atoms with Crippen molar-refractivity contribution in [1.29, 1.82) is 5.41 Å². The summed E-state index contributed by atoms with van der Waals surface area (Å²) in [5.41, 5.74) is 13.8. The maximum absolute atomic E-state index is 10.4. The fraction of sp³-hybridized carbons (Fsp3) is 0.326. The zero-order valence-corrected chi connectivity index (χ0v) is 33.6. The third-order valence-corrected chi connectivity index (χ3v) is 12.3. The van der Waals surface area contributed by atoms with E-state index in [-0.39, 0.29) is 34.3 Å². The number of nitrogens with one attached hydrogen (secondary N) is 1. The highest BCUT2D eigenvalue weighted by Crippen LogP contribution is 2.53. The number of allylic oxidation sites excluding steroid dienone is 5. The standard InChI is InChI=1S/C27H33BO.C19H24N2OS/c1-8-13-21(14-9-2)20(3)23-17-24(22-15-11-10-12-16-22)19-25(18-23)28-26(4,5)27(6,7)29-28;1-18(2,22)19(3,4)23-16-11-14(10-15(12-16)17(20)21)13-8-6-5-7-9-13/h8-20H,1H2,2-7H3;5-12,22H,1-4H3,(H3,20,21)/b14-9-,21-13+;. The van der Waals surface area contributed by atoms with Crippen LogP contribution in [0, 0.1) is 5.41 Å². The van der Waals surface area contributed by atoms with Crippen LogP contribution < -0.4 is 11.2 Å². The van der Waals surface area contributed by atoms with Crippen LogP contribution in [0.2, 0.25) is 5.31 Å². The molecule has 272 valence electrons. The van der Waals surface area contributed by atoms with E-state index in [1.165, 1.54) is 27.7 Å². The van der Waals surface area contributed by atoms with Crippen molar-refractivity contribution in [1.82, 2.24) is 0 Å². The molecule has 5 rings (SSSR count). The van der Waals surface area contributed by atoms with Crippen molar-refractivity contribution < 1.29 is 9.76 Å². The van der Waals surface area contributed by atoms with E-state index in [2.05, 4.69) is 121 Å². The van der Waals surface area contributed by atoms with Gasteiger partial charge in [-0.05, 0) is 106 Å². The summed E-state index contributed by atoms with van der Waals surface area (Å²) >= 11 is 1.59. The third-order valence-electron chi connectivity index (χ3n) is 10.8. The normalized spacial score (nSPS) is 16.1. The minimum atomic E-state index is -0.837. The van der Waals surface area contributed by atoms with Gasteiger partial charge in [-0.15, -0.1) is 11.8 Å². The smallest absolute Gasteiger partial charge is 0.335 e. The molecule has 0 amide bonds. The highest BCUT2D eigenvalue weighted by Gasteiger charge is 2.59. The number of nitrogen functional groups attached to an aromatic ring is 1. The lowest BCUT2D eigenvalue weighted by Crippen LogP contribution is -2.66. The Bertz CT molecular complexity index is 1920. The molecule has 0 aliphatic carbocycles. The molecular weight excluding hydrogens is 655 g/mol. The zero-order valence-electron chi connectivity index (χ0n) is 32.7. The molecule has 4 N–H and O–H groups in total. The minimum Gasteiger partial charge on any atom is -0.425 e. The van der Waals surface area contributed by atoms with E-state index in [4.69, 9.17) is 15.8 Å². The second-order valence-corrected chi connectivity index (χ2v) is 17.5. The van der Waals surface area contributed by atoms with Crippen LogP contribution in [-0.4, -0.2) is 33.8 Å². The summed E-state index contributed by atoms with van der Waals surface area (Å²) in [7, 11) is 0. The molecule has 1 unspecified atom stereocenters. The first-order valence-corrected chi connectivity index (χ1v) is 18.9. The molecule has 1 heterocycles. The molecular formula is C46H57BN2O2S. The number of nitrogens with two attached hydrogens (primary N) is 1. The van der Waals surface area contributed by atoms with E-state index in [0.717, 1.165) is 16.0 Å². The lowest BCUT2D eigenvalue weighted by Gasteiger charge is -2.57. The summed E-state index contributed by atoms with van der Waals surface area (Å²) in [6.07, 6.45) is 8.24. The lowest BCUT2D eigenvalue weighted by atomic mass is 9.33. The Morgan fingerprint density at radius 1 is 0.865 bits per heavy atom. The maximum Gasteiger partial charge on any atom is 0.335 e. The molecule has 0 saturated carbocycles. The van der Waals surface area contributed by atoms with Gasteiger partial charge in [-0.1, -0.05) is 131 Å². The van der Waals surface area contributed by atoms with Gasteiger partial charge in [-0.2, -0.15) is 0 Å². The molecule has 52 heavy (non-hydrogen) atoms. The molecule has 1 aliphatic rings. The first-order chi connectivity index (χ1) is 24.3. The van der Waals surface area contributed by atoms with Crippen LogP contribution in [0.5, 0.6) is 0 Å². The summed E-state index contributed by atoms with van der Waals surface area (Å²) in [5.74, 6) is 0.313. The number of rotatable bonds is 11. The van der Waals surface area contributed by atoms with Gasteiger partial charge < -0.3 is 15.5 Å². The van der Waals surface area contributed by atoms with E-state index in [0.29, 0.717) is 5.56 Å². The molecule has 0 spiro atoms. The van der Waals surface area contributed by atoms with Crippen molar-refractivity contribution in [3.63, 3.8) is 0 Å². The maximum atomic E-state index is 10.4. The van der Waals surface area contributed by atoms with E-state index >= 15 is 0 Å². The summed E-state index contributed by atoms with van der Waals surface area (Å²) in [6.45, 7) is 25.0. The van der Waals surface area contributed by atoms with Gasteiger partial charge in [0.05, 0.1) is 5.60 Å². The largest absolute Gasteiger partial charge is 0.425 e. The number of amidine groups is 1. The molecule has 4 nitrogen and oxygen atoms in total. The molecule has 6 heteroatoms. The SMILES string of the molecule is C=C/C=C(\C=C/C)C(C)c1cc(B2OC(C)(C)C2(C)C)cc(-c2ccccc2)c1.CC(C)(O)C(C)(C)Sc1cc(C(=N)N)cc(-c2ccccc2)c1. The van der Waals surface area contributed by atoms with Gasteiger partial charge in [0, 0.05) is 32.0 Å². The van der Waals surface area contributed by atoms with Crippen LogP contribution in [0.3, 0.4) is 0 Å². The molecule has 0 radical (unpaired) electrons. The van der Waals surface area contributed by atoms with Crippen molar-refractivity contribution in [2.45, 2.75) is 101 Å². The highest BCUT2D eigenvalue weighted by molar-refractivity contribution is 8.00. The second-order valence-electron chi connectivity index (χ2n) is 15.8. The Labute approximate surface area is 317 Å². The molecule has 1 fully saturated rings. The topological polar surface area (TPSA) is 79.3 Å². The molecule has 4 aromatic rings. The molecule has 0 bridgehead atoms. The number of aliphatic hydroxyl groups is 1. The highest BCUT2D eigenvalue weighted by atomic mass is 32.2. The number of hydrogen-bond donors (Lipinski definition) is 3. The van der Waals surface area contributed by atoms with Crippen molar-refractivity contribution in [2.75, 3.05) is 0 Å². The first-order valence-electron chi connectivity index (χ1n) is 18.1. The van der Waals surface area contributed by atoms with E-state index in [1.807, 2.05) is 76.2 Å². The van der Waals surface area contributed by atoms with Gasteiger partial charge in [0.1, 0.15) is 5.84 Å². The quantitative estimate of drug-likeness (QED) is 0.0475. The Morgan fingerprint density at radius 2 is 1.42 bits per heavy atom. The summed E-state index contributed by atoms with van der Waals surface area (Å²) in [5, 5.41) is 18.2. The van der Waals surface area contributed by atoms with Gasteiger partial charge in [0.25, 0.3) is 0 Å². The van der Waals surface area contributed by atoms with Crippen molar-refractivity contribution >= 4 is 30.0 Å². The number of benzene rings is 4. The Kier molecular flexibility index (Phi) is 12.7. The third kappa shape index (κ3) is 9.27. The summed E-state index contributed by atoms with van der Waals surface area (Å²) in [4.78, 5) is 0.990. The number of thioether (sulfide) groups is 1. The average molecular weight is 713 g/mol. The van der Waals surface area contributed by atoms with Crippen LogP contribution in [0.25, 0.3) is 22.3 Å². The van der Waals surface area contributed by atoms with Gasteiger partial charge in [0.15, 0.2) is 0 Å². The van der Waals surface area contributed by atoms with Crippen LogP contribution in [0.4, 0.5) is 0 Å². The average Bonchev–Trinajstić information content (AvgIpc) is 3.10. The minimum absolute atomic E-state index is 0.0469. The van der Waals surface area contributed by atoms with Crippen molar-refractivity contribution in [3.8, 4) is 22.3 Å². The summed E-state index contributed by atoms with van der Waals surface area (Å²) < 4.78 is 5.99. The van der Waals surface area contributed by atoms with Crippen molar-refractivity contribution in [2.24, 2.45) is 5.73 Å². The lowest BCUT2D eigenvalue weighted by molar-refractivity contribution is -0.00940. The van der Waals surface area contributed by atoms with Gasteiger partial charge in [-0.3, -0.25) is 5.41 Å². The molecule has 1 aliphatic heterocycles. The van der Waals surface area contributed by atoms with Gasteiger partial charge in [-0.25, -0.2) is 0 Å². The van der Waals surface area contributed by atoms with E-state index in [9.17, 15) is 5.11 Å². The summed E-state index contributed by atoms with van der Waals surface area (Å²) in [6, 6.07) is 33.5. The van der Waals surface area contributed by atoms with E-state index < -0.39 is 5.60 Å². The fourth-order valence-corrected chi connectivity index (χ4v) is 7.32. The first kappa shape index (κ1) is 40.7. The predicted molar refractivity (Wildman–Crippen MR) is 227 cm³/mol. The van der Waals surface area contributed by atoms with Crippen LogP contribution in [-0.2, 0) is 4.65 Å². The fourth-order valence-electron chi connectivity index (χ4n) is 6.11. The van der Waals surface area contributed by atoms with Gasteiger partial charge >= 0.3 is 6.92 Å². The molecule has 1 saturated heterocycles. The van der Waals surface area contributed by atoms with Gasteiger partial charge in [0.2, 0.25) is 0 Å². The second kappa shape index (κ2) is 16.3. The molecule has 4 aromatic carbocycles. The molecule has 0 aromatic heterocycles. The van der Waals surface area contributed by atoms with Crippen LogP contribution in [0.1, 0.15) is 86.3 Å². The predicted octanol–water partition coefficient (Wildman–Crippen LogP) is 11.2. The van der Waals surface area contributed by atoms with E-state index in [1.54, 1.807) is 11.8 Å². The van der Waals surface area contributed by atoms with Crippen LogP contribution >= 0.6 is 11.8 Å².